The summed E-state index contributed by atoms with van der Waals surface area (Å²) in [5, 5.41) is 7.41. The van der Waals surface area contributed by atoms with E-state index >= 15 is 0 Å². The van der Waals surface area contributed by atoms with Gasteiger partial charge in [0, 0.05) is 24.4 Å². The van der Waals surface area contributed by atoms with E-state index in [9.17, 15) is 4.79 Å². The Kier molecular flexibility index (Phi) is 7.66. The van der Waals surface area contributed by atoms with Crippen LogP contribution in [0.25, 0.3) is 17.0 Å². The molecule has 1 aliphatic rings. The van der Waals surface area contributed by atoms with Crippen LogP contribution in [0, 0.1) is 6.92 Å². The Balaban J connectivity index is 1.70. The van der Waals surface area contributed by atoms with Crippen molar-refractivity contribution in [3.63, 3.8) is 0 Å². The van der Waals surface area contributed by atoms with Crippen molar-refractivity contribution < 1.29 is 14.1 Å². The summed E-state index contributed by atoms with van der Waals surface area (Å²) < 4.78 is 11.4. The summed E-state index contributed by atoms with van der Waals surface area (Å²) in [7, 11) is 0. The predicted octanol–water partition coefficient (Wildman–Crippen LogP) is 5.92. The number of benzene rings is 2. The van der Waals surface area contributed by atoms with Crippen molar-refractivity contribution in [3.05, 3.63) is 76.8 Å². The Bertz CT molecular complexity index is 1180. The Morgan fingerprint density at radius 1 is 1.09 bits per heavy atom. The largest absolute Gasteiger partial charge is 0.379 e. The number of ether oxygens (including phenoxy) is 1. The second-order valence-corrected chi connectivity index (χ2v) is 9.19. The molecule has 2 heterocycles. The van der Waals surface area contributed by atoms with Gasteiger partial charge in [-0.25, -0.2) is 4.79 Å². The molecule has 1 aromatic heterocycles. The van der Waals surface area contributed by atoms with E-state index in [1.807, 2.05) is 52.0 Å². The maximum atomic E-state index is 13.1. The zero-order valence-corrected chi connectivity index (χ0v) is 21.2. The lowest BCUT2D eigenvalue weighted by atomic mass is 9.93. The monoisotopic (exact) mass is 474 g/mol. The fourth-order valence-electron chi connectivity index (χ4n) is 4.22. The zero-order valence-electron chi connectivity index (χ0n) is 21.2. The van der Waals surface area contributed by atoms with Crippen molar-refractivity contribution in [2.75, 3.05) is 13.2 Å². The van der Waals surface area contributed by atoms with Gasteiger partial charge in [0.05, 0.1) is 17.7 Å². The summed E-state index contributed by atoms with van der Waals surface area (Å²) in [6.07, 6.45) is 1.84. The minimum absolute atomic E-state index is 0.140. The molecule has 0 saturated carbocycles. The first-order valence-corrected chi connectivity index (χ1v) is 12.3. The molecule has 1 unspecified atom stereocenters. The van der Waals surface area contributed by atoms with Crippen LogP contribution in [0.2, 0.25) is 0 Å². The van der Waals surface area contributed by atoms with E-state index in [0.29, 0.717) is 24.9 Å². The number of allylic oxidation sites excluding steroid dienone is 1. The third kappa shape index (κ3) is 5.62. The van der Waals surface area contributed by atoms with Crippen molar-refractivity contribution in [2.45, 2.75) is 59.6 Å². The summed E-state index contributed by atoms with van der Waals surface area (Å²) in [4.78, 5) is 19.6. The summed E-state index contributed by atoms with van der Waals surface area (Å²) in [6.45, 7) is 11.2. The summed E-state index contributed by atoms with van der Waals surface area (Å²) in [5.41, 5.74) is 5.88. The van der Waals surface area contributed by atoms with E-state index in [1.54, 1.807) is 4.90 Å². The topological polar surface area (TPSA) is 80.5 Å². The van der Waals surface area contributed by atoms with Gasteiger partial charge in [-0.05, 0) is 51.7 Å². The lowest BCUT2D eigenvalue weighted by molar-refractivity contribution is 0.0736. The average molecular weight is 475 g/mol. The molecule has 7 heteroatoms. The number of rotatable bonds is 9. The summed E-state index contributed by atoms with van der Waals surface area (Å²) in [6, 6.07) is 15.8. The van der Waals surface area contributed by atoms with Gasteiger partial charge >= 0.3 is 6.03 Å². The lowest BCUT2D eigenvalue weighted by Gasteiger charge is -2.35. The molecular formula is C28H34N4O3. The van der Waals surface area contributed by atoms with Crippen LogP contribution in [-0.4, -0.2) is 40.3 Å². The van der Waals surface area contributed by atoms with Crippen LogP contribution in [0.1, 0.15) is 62.7 Å². The van der Waals surface area contributed by atoms with E-state index in [-0.39, 0.29) is 18.2 Å². The molecule has 3 aromatic rings. The second-order valence-electron chi connectivity index (χ2n) is 9.19. The molecule has 4 rings (SSSR count). The Morgan fingerprint density at radius 3 is 2.46 bits per heavy atom. The van der Waals surface area contributed by atoms with Crippen molar-refractivity contribution in [1.82, 2.24) is 20.4 Å². The Hall–Kier alpha value is -3.45. The maximum absolute atomic E-state index is 13.1. The smallest absolute Gasteiger partial charge is 0.322 e. The first kappa shape index (κ1) is 24.7. The normalized spacial score (nSPS) is 16.2. The van der Waals surface area contributed by atoms with E-state index < -0.39 is 0 Å². The van der Waals surface area contributed by atoms with Crippen LogP contribution in [0.15, 0.2) is 58.8 Å². The molecule has 7 nitrogen and oxygen atoms in total. The van der Waals surface area contributed by atoms with Crippen LogP contribution >= 0.6 is 0 Å². The highest BCUT2D eigenvalue weighted by atomic mass is 16.5. The molecule has 1 aliphatic heterocycles. The zero-order chi connectivity index (χ0) is 24.9. The third-order valence-electron chi connectivity index (χ3n) is 6.26. The predicted molar refractivity (Wildman–Crippen MR) is 137 cm³/mol. The number of nitrogens with zero attached hydrogens (tertiary/aromatic N) is 3. The fourth-order valence-corrected chi connectivity index (χ4v) is 4.22. The van der Waals surface area contributed by atoms with E-state index in [4.69, 9.17) is 14.2 Å². The van der Waals surface area contributed by atoms with Crippen molar-refractivity contribution in [2.24, 2.45) is 0 Å². The molecule has 35 heavy (non-hydrogen) atoms. The fraction of sp³-hybridized carbons (Fsp3) is 0.393. The highest BCUT2D eigenvalue weighted by molar-refractivity contribution is 5.86. The number of amides is 2. The van der Waals surface area contributed by atoms with Crippen molar-refractivity contribution in [1.29, 1.82) is 0 Å². The Labute approximate surface area is 207 Å². The summed E-state index contributed by atoms with van der Waals surface area (Å²) >= 11 is 0. The molecule has 1 atom stereocenters. The number of aromatic nitrogens is 2. The maximum Gasteiger partial charge on any atom is 0.322 e. The van der Waals surface area contributed by atoms with Gasteiger partial charge in [0.25, 0.3) is 5.89 Å². The molecule has 2 aromatic carbocycles. The van der Waals surface area contributed by atoms with Gasteiger partial charge in [-0.2, -0.15) is 4.98 Å². The second kappa shape index (κ2) is 10.9. The minimum atomic E-state index is -0.386. The van der Waals surface area contributed by atoms with Crippen molar-refractivity contribution >= 4 is 11.6 Å². The third-order valence-corrected chi connectivity index (χ3v) is 6.26. The number of hydrogen-bond acceptors (Lipinski definition) is 5. The van der Waals surface area contributed by atoms with E-state index in [2.05, 4.69) is 41.7 Å². The quantitative estimate of drug-likeness (QED) is 0.389. The standard InChI is InChI=1S/C28H34N4O3/c1-6-21-10-14-22(15-11-21)25-24(20(5)32(28(33)29-25)16-7-17-34-18(2)3)27-30-26(31-35-27)23-12-8-19(4)9-13-23/h8-15,18,25H,6-7,16-17H2,1-5H3,(H,29,33). The van der Waals surface area contributed by atoms with Gasteiger partial charge in [0.1, 0.15) is 0 Å². The Morgan fingerprint density at radius 2 is 1.80 bits per heavy atom. The molecule has 0 fully saturated rings. The SMILES string of the molecule is CCc1ccc(C2NC(=O)N(CCCOC(C)C)C(C)=C2c2nc(-c3ccc(C)cc3)no2)cc1. The molecule has 0 bridgehead atoms. The molecular weight excluding hydrogens is 440 g/mol. The number of hydrogen-bond donors (Lipinski definition) is 1. The molecule has 0 saturated heterocycles. The molecule has 184 valence electrons. The van der Waals surface area contributed by atoms with Crippen LogP contribution < -0.4 is 5.32 Å². The van der Waals surface area contributed by atoms with Gasteiger partial charge in [0.2, 0.25) is 5.82 Å². The van der Waals surface area contributed by atoms with Crippen molar-refractivity contribution in [3.8, 4) is 11.4 Å². The molecule has 0 aliphatic carbocycles. The van der Waals surface area contributed by atoms with Gasteiger partial charge < -0.3 is 14.6 Å². The molecule has 0 spiro atoms. The number of nitrogens with one attached hydrogen (secondary N) is 1. The van der Waals surface area contributed by atoms with Crippen LogP contribution in [0.3, 0.4) is 0 Å². The number of urea groups is 1. The number of carbonyl (C=O) groups is 1. The average Bonchev–Trinajstić information content (AvgIpc) is 3.33. The van der Waals surface area contributed by atoms with Gasteiger partial charge in [-0.15, -0.1) is 0 Å². The first-order chi connectivity index (χ1) is 16.9. The van der Waals surface area contributed by atoms with E-state index in [0.717, 1.165) is 35.2 Å². The van der Waals surface area contributed by atoms with Crippen LogP contribution in [-0.2, 0) is 11.2 Å². The number of aryl methyl sites for hydroxylation is 2. The van der Waals surface area contributed by atoms with Crippen LogP contribution in [0.5, 0.6) is 0 Å². The number of carbonyl (C=O) groups excluding carboxylic acids is 1. The molecule has 1 N–H and O–H groups in total. The minimum Gasteiger partial charge on any atom is -0.379 e. The first-order valence-electron chi connectivity index (χ1n) is 12.3. The molecule has 0 radical (unpaired) electrons. The highest BCUT2D eigenvalue weighted by Crippen LogP contribution is 2.37. The van der Waals surface area contributed by atoms with E-state index in [1.165, 1.54) is 11.1 Å². The highest BCUT2D eigenvalue weighted by Gasteiger charge is 2.35. The summed E-state index contributed by atoms with van der Waals surface area (Å²) in [5.74, 6) is 0.931. The molecule has 2 amide bonds. The van der Waals surface area contributed by atoms with Gasteiger partial charge in [-0.1, -0.05) is 66.2 Å². The lowest BCUT2D eigenvalue weighted by Crippen LogP contribution is -2.46. The van der Waals surface area contributed by atoms with Crippen LogP contribution in [0.4, 0.5) is 4.79 Å². The van der Waals surface area contributed by atoms with Gasteiger partial charge in [0.15, 0.2) is 0 Å². The van der Waals surface area contributed by atoms with Gasteiger partial charge in [-0.3, -0.25) is 4.90 Å².